The summed E-state index contributed by atoms with van der Waals surface area (Å²) in [6.45, 7) is 8.60. The van der Waals surface area contributed by atoms with Gasteiger partial charge in [0.2, 0.25) is 5.91 Å². The van der Waals surface area contributed by atoms with Gasteiger partial charge in [-0.2, -0.15) is 0 Å². The fourth-order valence-electron chi connectivity index (χ4n) is 2.01. The molecule has 0 radical (unpaired) electrons. The van der Waals surface area contributed by atoms with Gasteiger partial charge in [0.05, 0.1) is 0 Å². The Balaban J connectivity index is 2.44. The smallest absolute Gasteiger partial charge is 0.225 e. The highest BCUT2D eigenvalue weighted by Crippen LogP contribution is 2.26. The number of hydrogen-bond donors (Lipinski definition) is 1. The largest absolute Gasteiger partial charge is 0.309 e. The molecule has 0 aliphatic heterocycles. The summed E-state index contributed by atoms with van der Waals surface area (Å²) in [6.07, 6.45) is 1.49. The van der Waals surface area contributed by atoms with Gasteiger partial charge in [0, 0.05) is 6.42 Å². The molecule has 1 atom stereocenters. The first kappa shape index (κ1) is 14.9. The van der Waals surface area contributed by atoms with Crippen LogP contribution < -0.4 is 5.32 Å². The molecule has 1 amide bonds. The van der Waals surface area contributed by atoms with Gasteiger partial charge in [-0.3, -0.25) is 4.79 Å². The summed E-state index contributed by atoms with van der Waals surface area (Å²) >= 11 is 5.62. The van der Waals surface area contributed by atoms with Crippen LogP contribution in [0.15, 0.2) is 12.1 Å². The Labute approximate surface area is 113 Å². The fourth-order valence-corrected chi connectivity index (χ4v) is 2.11. The molecule has 18 heavy (non-hydrogen) atoms. The third kappa shape index (κ3) is 5.96. The zero-order valence-corrected chi connectivity index (χ0v) is 12.1. The number of amides is 1. The maximum absolute atomic E-state index is 11.8. The van der Waals surface area contributed by atoms with E-state index >= 15 is 0 Å². The summed E-state index contributed by atoms with van der Waals surface area (Å²) in [5, 5.41) is 10.5. The van der Waals surface area contributed by atoms with Gasteiger partial charge in [0.15, 0.2) is 11.0 Å². The zero-order chi connectivity index (χ0) is 13.8. The molecule has 0 aliphatic carbocycles. The van der Waals surface area contributed by atoms with E-state index in [-0.39, 0.29) is 11.3 Å². The van der Waals surface area contributed by atoms with Gasteiger partial charge < -0.3 is 5.32 Å². The molecule has 0 aliphatic rings. The van der Waals surface area contributed by atoms with Crippen LogP contribution >= 0.6 is 11.6 Å². The van der Waals surface area contributed by atoms with Crippen LogP contribution in [0.25, 0.3) is 0 Å². The van der Waals surface area contributed by atoms with Gasteiger partial charge in [-0.1, -0.05) is 39.3 Å². The molecule has 0 aromatic carbocycles. The number of aromatic nitrogens is 2. The lowest BCUT2D eigenvalue weighted by Gasteiger charge is -2.22. The van der Waals surface area contributed by atoms with Crippen LogP contribution in [-0.2, 0) is 4.79 Å². The van der Waals surface area contributed by atoms with Crippen LogP contribution in [0.1, 0.15) is 40.5 Å². The minimum Gasteiger partial charge on any atom is -0.309 e. The first-order valence-corrected chi connectivity index (χ1v) is 6.43. The minimum atomic E-state index is -0.0385. The van der Waals surface area contributed by atoms with Gasteiger partial charge in [0.1, 0.15) is 0 Å². The van der Waals surface area contributed by atoms with Gasteiger partial charge in [-0.25, -0.2) is 0 Å². The molecule has 5 heteroatoms. The minimum absolute atomic E-state index is 0.0385. The van der Waals surface area contributed by atoms with Crippen molar-refractivity contribution in [1.29, 1.82) is 0 Å². The second kappa shape index (κ2) is 6.14. The Hall–Kier alpha value is -1.16. The molecule has 100 valence electrons. The van der Waals surface area contributed by atoms with E-state index in [1.165, 1.54) is 0 Å². The number of nitrogens with one attached hydrogen (secondary N) is 1. The third-order valence-corrected chi connectivity index (χ3v) is 2.60. The van der Waals surface area contributed by atoms with E-state index in [9.17, 15) is 4.79 Å². The van der Waals surface area contributed by atoms with Crippen molar-refractivity contribution in [2.75, 3.05) is 5.32 Å². The molecule has 1 aromatic rings. The van der Waals surface area contributed by atoms with Crippen molar-refractivity contribution in [2.24, 2.45) is 11.3 Å². The van der Waals surface area contributed by atoms with Crippen LogP contribution in [0.2, 0.25) is 5.15 Å². The Bertz CT molecular complexity index is 398. The SMILES string of the molecule is CC(CC(=O)Nc1ccc(Cl)nn1)CC(C)(C)C. The number of anilines is 1. The zero-order valence-electron chi connectivity index (χ0n) is 11.3. The fraction of sp³-hybridized carbons (Fsp3) is 0.615. The number of halogens is 1. The van der Waals surface area contributed by atoms with E-state index in [2.05, 4.69) is 43.2 Å². The van der Waals surface area contributed by atoms with E-state index in [4.69, 9.17) is 11.6 Å². The van der Waals surface area contributed by atoms with Crippen LogP contribution in [0.5, 0.6) is 0 Å². The lowest BCUT2D eigenvalue weighted by atomic mass is 9.84. The molecule has 0 bridgehead atoms. The second-order valence-corrected chi connectivity index (χ2v) is 6.25. The van der Waals surface area contributed by atoms with Crippen molar-refractivity contribution in [3.8, 4) is 0 Å². The topological polar surface area (TPSA) is 54.9 Å². The molecule has 0 saturated carbocycles. The monoisotopic (exact) mass is 269 g/mol. The molecule has 1 rings (SSSR count). The summed E-state index contributed by atoms with van der Waals surface area (Å²) in [7, 11) is 0. The average molecular weight is 270 g/mol. The van der Waals surface area contributed by atoms with Crippen molar-refractivity contribution in [2.45, 2.75) is 40.5 Å². The van der Waals surface area contributed by atoms with Gasteiger partial charge in [-0.05, 0) is 29.9 Å². The third-order valence-electron chi connectivity index (χ3n) is 2.39. The first-order valence-electron chi connectivity index (χ1n) is 6.05. The molecule has 4 nitrogen and oxygen atoms in total. The maximum atomic E-state index is 11.8. The van der Waals surface area contributed by atoms with E-state index in [1.807, 2.05) is 0 Å². The Kier molecular flexibility index (Phi) is 5.08. The normalized spacial score (nSPS) is 13.2. The summed E-state index contributed by atoms with van der Waals surface area (Å²) in [6, 6.07) is 3.24. The predicted octanol–water partition coefficient (Wildman–Crippen LogP) is 3.53. The number of rotatable bonds is 4. The van der Waals surface area contributed by atoms with Crippen LogP contribution in [0.4, 0.5) is 5.82 Å². The van der Waals surface area contributed by atoms with Crippen LogP contribution in [-0.4, -0.2) is 16.1 Å². The van der Waals surface area contributed by atoms with Crippen molar-refractivity contribution in [1.82, 2.24) is 10.2 Å². The van der Waals surface area contributed by atoms with Crippen LogP contribution in [0.3, 0.4) is 0 Å². The van der Waals surface area contributed by atoms with E-state index in [0.29, 0.717) is 23.3 Å². The van der Waals surface area contributed by atoms with Gasteiger partial charge in [-0.15, -0.1) is 10.2 Å². The number of carbonyl (C=O) groups excluding carboxylic acids is 1. The van der Waals surface area contributed by atoms with Crippen molar-refractivity contribution in [3.63, 3.8) is 0 Å². The summed E-state index contributed by atoms with van der Waals surface area (Å²) in [5.74, 6) is 0.737. The van der Waals surface area contributed by atoms with Crippen molar-refractivity contribution in [3.05, 3.63) is 17.3 Å². The number of hydrogen-bond acceptors (Lipinski definition) is 3. The van der Waals surface area contributed by atoms with E-state index < -0.39 is 0 Å². The maximum Gasteiger partial charge on any atom is 0.225 e. The van der Waals surface area contributed by atoms with E-state index in [1.54, 1.807) is 12.1 Å². The highest BCUT2D eigenvalue weighted by Gasteiger charge is 2.17. The number of carbonyl (C=O) groups is 1. The summed E-state index contributed by atoms with van der Waals surface area (Å²) in [5.41, 5.74) is 0.236. The Morgan fingerprint density at radius 1 is 1.39 bits per heavy atom. The quantitative estimate of drug-likeness (QED) is 0.910. The van der Waals surface area contributed by atoms with E-state index in [0.717, 1.165) is 6.42 Å². The highest BCUT2D eigenvalue weighted by atomic mass is 35.5. The Morgan fingerprint density at radius 2 is 2.06 bits per heavy atom. The van der Waals surface area contributed by atoms with Crippen molar-refractivity contribution >= 4 is 23.3 Å². The van der Waals surface area contributed by atoms with Gasteiger partial charge >= 0.3 is 0 Å². The number of nitrogens with zero attached hydrogens (tertiary/aromatic N) is 2. The van der Waals surface area contributed by atoms with Gasteiger partial charge in [0.25, 0.3) is 0 Å². The summed E-state index contributed by atoms with van der Waals surface area (Å²) < 4.78 is 0. The van der Waals surface area contributed by atoms with Crippen LogP contribution in [0, 0.1) is 11.3 Å². The van der Waals surface area contributed by atoms with Crippen molar-refractivity contribution < 1.29 is 4.79 Å². The lowest BCUT2D eigenvalue weighted by molar-refractivity contribution is -0.117. The molecule has 1 heterocycles. The average Bonchev–Trinajstić information content (AvgIpc) is 2.18. The molecular formula is C13H20ClN3O. The first-order chi connectivity index (χ1) is 8.26. The molecular weight excluding hydrogens is 250 g/mol. The molecule has 0 fully saturated rings. The standard InChI is InChI=1S/C13H20ClN3O/c1-9(8-13(2,3)4)7-12(18)15-11-6-5-10(14)16-17-11/h5-6,9H,7-8H2,1-4H3,(H,15,17,18). The second-order valence-electron chi connectivity index (χ2n) is 5.86. The Morgan fingerprint density at radius 3 is 2.56 bits per heavy atom. The molecule has 0 saturated heterocycles. The lowest BCUT2D eigenvalue weighted by Crippen LogP contribution is -2.19. The summed E-state index contributed by atoms with van der Waals surface area (Å²) in [4.78, 5) is 11.8. The molecule has 1 aromatic heterocycles. The predicted molar refractivity (Wildman–Crippen MR) is 73.5 cm³/mol. The molecule has 1 unspecified atom stereocenters. The highest BCUT2D eigenvalue weighted by molar-refractivity contribution is 6.29. The molecule has 1 N–H and O–H groups in total. The molecule has 0 spiro atoms.